The van der Waals surface area contributed by atoms with Gasteiger partial charge < -0.3 is 15.8 Å². The Morgan fingerprint density at radius 2 is 2.25 bits per heavy atom. The maximum absolute atomic E-state index is 11.6. The second kappa shape index (κ2) is 8.10. The molecule has 0 bridgehead atoms. The zero-order valence-electron chi connectivity index (χ0n) is 9.23. The lowest BCUT2D eigenvalue weighted by atomic mass is 10.1. The van der Waals surface area contributed by atoms with E-state index in [1.807, 2.05) is 18.2 Å². The topological polar surface area (TPSA) is 64.3 Å². The van der Waals surface area contributed by atoms with E-state index in [0.29, 0.717) is 25.3 Å². The van der Waals surface area contributed by atoms with Gasteiger partial charge in [0.1, 0.15) is 0 Å². The predicted molar refractivity (Wildman–Crippen MR) is 65.8 cm³/mol. The minimum atomic E-state index is -0.0987. The summed E-state index contributed by atoms with van der Waals surface area (Å²) in [5.74, 6) is -0.0987. The Labute approximate surface area is 102 Å². The van der Waals surface area contributed by atoms with Crippen LogP contribution in [-0.2, 0) is 11.3 Å². The molecule has 1 amide bonds. The highest BCUT2D eigenvalue weighted by molar-refractivity contribution is 5.94. The normalized spacial score (nSPS) is 9.38. The van der Waals surface area contributed by atoms with Crippen LogP contribution in [0.5, 0.6) is 0 Å². The average molecular weight is 245 g/mol. The molecule has 0 atom stereocenters. The predicted octanol–water partition coefficient (Wildman–Crippen LogP) is 0.943. The van der Waals surface area contributed by atoms with E-state index in [2.05, 4.69) is 5.32 Å². The summed E-state index contributed by atoms with van der Waals surface area (Å²) < 4.78 is 4.99. The molecular formula is C11H17ClN2O2. The van der Waals surface area contributed by atoms with Gasteiger partial charge in [-0.15, -0.1) is 12.4 Å². The van der Waals surface area contributed by atoms with E-state index < -0.39 is 0 Å². The van der Waals surface area contributed by atoms with Crippen LogP contribution in [0.1, 0.15) is 15.9 Å². The molecule has 0 aromatic heterocycles. The van der Waals surface area contributed by atoms with Gasteiger partial charge in [-0.3, -0.25) is 4.79 Å². The third-order valence-electron chi connectivity index (χ3n) is 1.93. The number of nitrogens with two attached hydrogens (primary N) is 1. The van der Waals surface area contributed by atoms with Crippen LogP contribution < -0.4 is 11.1 Å². The van der Waals surface area contributed by atoms with Crippen LogP contribution in [0.25, 0.3) is 0 Å². The number of benzene rings is 1. The summed E-state index contributed by atoms with van der Waals surface area (Å²) in [7, 11) is 1.63. The molecule has 0 unspecified atom stereocenters. The lowest BCUT2D eigenvalue weighted by molar-refractivity contribution is 0.0954. The number of hydrogen-bond acceptors (Lipinski definition) is 3. The molecule has 4 nitrogen and oxygen atoms in total. The van der Waals surface area contributed by atoms with Crippen molar-refractivity contribution in [2.75, 3.05) is 20.2 Å². The fourth-order valence-corrected chi connectivity index (χ4v) is 1.26. The second-order valence-corrected chi connectivity index (χ2v) is 3.18. The molecule has 0 fully saturated rings. The molecule has 0 saturated carbocycles. The fourth-order valence-electron chi connectivity index (χ4n) is 1.26. The quantitative estimate of drug-likeness (QED) is 0.811. The lowest BCUT2D eigenvalue weighted by Crippen LogP contribution is -2.29. The van der Waals surface area contributed by atoms with Crippen molar-refractivity contribution >= 4 is 18.3 Å². The first kappa shape index (κ1) is 14.9. The number of methoxy groups -OCH3 is 1. The van der Waals surface area contributed by atoms with Crippen LogP contribution in [0.3, 0.4) is 0 Å². The number of nitrogens with one attached hydrogen (secondary N) is 1. The number of amides is 1. The zero-order chi connectivity index (χ0) is 11.1. The Balaban J connectivity index is 0.00000225. The standard InChI is InChI=1S/C11H16N2O2.ClH/c1-15-8-9-3-2-4-10(7-9)11(14)13-6-5-12;/h2-4,7H,5-6,8,12H2,1H3,(H,13,14);1H. The first-order chi connectivity index (χ1) is 7.27. The first-order valence-electron chi connectivity index (χ1n) is 4.84. The van der Waals surface area contributed by atoms with Gasteiger partial charge in [0, 0.05) is 25.8 Å². The lowest BCUT2D eigenvalue weighted by Gasteiger charge is -2.05. The van der Waals surface area contributed by atoms with Crippen LogP contribution in [0.4, 0.5) is 0 Å². The summed E-state index contributed by atoms with van der Waals surface area (Å²) >= 11 is 0. The fraction of sp³-hybridized carbons (Fsp3) is 0.364. The van der Waals surface area contributed by atoms with Crippen molar-refractivity contribution in [1.82, 2.24) is 5.32 Å². The van der Waals surface area contributed by atoms with Gasteiger partial charge in [-0.05, 0) is 17.7 Å². The van der Waals surface area contributed by atoms with Crippen molar-refractivity contribution in [2.45, 2.75) is 6.61 Å². The van der Waals surface area contributed by atoms with E-state index in [0.717, 1.165) is 5.56 Å². The van der Waals surface area contributed by atoms with E-state index in [9.17, 15) is 4.79 Å². The number of carbonyl (C=O) groups is 1. The monoisotopic (exact) mass is 244 g/mol. The van der Waals surface area contributed by atoms with Crippen molar-refractivity contribution in [2.24, 2.45) is 5.73 Å². The number of hydrogen-bond donors (Lipinski definition) is 2. The van der Waals surface area contributed by atoms with E-state index in [1.165, 1.54) is 0 Å². The molecule has 90 valence electrons. The Morgan fingerprint density at radius 1 is 1.50 bits per heavy atom. The molecule has 0 aliphatic rings. The van der Waals surface area contributed by atoms with Crippen molar-refractivity contribution < 1.29 is 9.53 Å². The van der Waals surface area contributed by atoms with E-state index >= 15 is 0 Å². The number of rotatable bonds is 5. The van der Waals surface area contributed by atoms with Crippen molar-refractivity contribution in [3.05, 3.63) is 35.4 Å². The summed E-state index contributed by atoms with van der Waals surface area (Å²) in [5, 5.41) is 2.71. The van der Waals surface area contributed by atoms with Crippen molar-refractivity contribution in [1.29, 1.82) is 0 Å². The third-order valence-corrected chi connectivity index (χ3v) is 1.93. The summed E-state index contributed by atoms with van der Waals surface area (Å²) in [6, 6.07) is 7.34. The minimum Gasteiger partial charge on any atom is -0.380 e. The molecule has 0 aliphatic carbocycles. The summed E-state index contributed by atoms with van der Waals surface area (Å²) in [6.45, 7) is 1.45. The minimum absolute atomic E-state index is 0. The smallest absolute Gasteiger partial charge is 0.251 e. The SMILES string of the molecule is COCc1cccc(C(=O)NCCN)c1.Cl. The Hall–Kier alpha value is -1.10. The van der Waals surface area contributed by atoms with Gasteiger partial charge in [-0.2, -0.15) is 0 Å². The number of halogens is 1. The number of carbonyl (C=O) groups excluding carboxylic acids is 1. The maximum atomic E-state index is 11.6. The molecular weight excluding hydrogens is 228 g/mol. The second-order valence-electron chi connectivity index (χ2n) is 3.18. The van der Waals surface area contributed by atoms with Gasteiger partial charge >= 0.3 is 0 Å². The van der Waals surface area contributed by atoms with Gasteiger partial charge in [0.25, 0.3) is 5.91 Å². The molecule has 1 aromatic carbocycles. The molecule has 0 saturated heterocycles. The Kier molecular flexibility index (Phi) is 7.54. The molecule has 0 radical (unpaired) electrons. The van der Waals surface area contributed by atoms with E-state index in [4.69, 9.17) is 10.5 Å². The van der Waals surface area contributed by atoms with Crippen LogP contribution in [-0.4, -0.2) is 26.1 Å². The highest BCUT2D eigenvalue weighted by Gasteiger charge is 2.04. The molecule has 1 rings (SSSR count). The highest BCUT2D eigenvalue weighted by atomic mass is 35.5. The van der Waals surface area contributed by atoms with Gasteiger partial charge in [0.15, 0.2) is 0 Å². The van der Waals surface area contributed by atoms with Gasteiger partial charge in [-0.1, -0.05) is 12.1 Å². The van der Waals surface area contributed by atoms with Crippen molar-refractivity contribution in [3.8, 4) is 0 Å². The Morgan fingerprint density at radius 3 is 2.88 bits per heavy atom. The van der Waals surface area contributed by atoms with Crippen LogP contribution in [0.15, 0.2) is 24.3 Å². The molecule has 5 heteroatoms. The van der Waals surface area contributed by atoms with Crippen molar-refractivity contribution in [3.63, 3.8) is 0 Å². The molecule has 16 heavy (non-hydrogen) atoms. The zero-order valence-corrected chi connectivity index (χ0v) is 10.0. The van der Waals surface area contributed by atoms with Crippen LogP contribution >= 0.6 is 12.4 Å². The first-order valence-corrected chi connectivity index (χ1v) is 4.84. The van der Waals surface area contributed by atoms with Crippen LogP contribution in [0, 0.1) is 0 Å². The van der Waals surface area contributed by atoms with E-state index in [1.54, 1.807) is 13.2 Å². The third kappa shape index (κ3) is 4.61. The average Bonchev–Trinajstić information content (AvgIpc) is 2.27. The highest BCUT2D eigenvalue weighted by Crippen LogP contribution is 2.06. The molecule has 3 N–H and O–H groups in total. The maximum Gasteiger partial charge on any atom is 0.251 e. The molecule has 0 spiro atoms. The summed E-state index contributed by atoms with van der Waals surface area (Å²) in [4.78, 5) is 11.6. The van der Waals surface area contributed by atoms with Gasteiger partial charge in [-0.25, -0.2) is 0 Å². The largest absolute Gasteiger partial charge is 0.380 e. The Bertz CT molecular complexity index is 332. The van der Waals surface area contributed by atoms with E-state index in [-0.39, 0.29) is 18.3 Å². The van der Waals surface area contributed by atoms with Crippen LogP contribution in [0.2, 0.25) is 0 Å². The molecule has 0 heterocycles. The van der Waals surface area contributed by atoms with Gasteiger partial charge in [0.05, 0.1) is 6.61 Å². The molecule has 0 aliphatic heterocycles. The molecule has 1 aromatic rings. The number of ether oxygens (including phenoxy) is 1. The summed E-state index contributed by atoms with van der Waals surface area (Å²) in [5.41, 5.74) is 6.92. The summed E-state index contributed by atoms with van der Waals surface area (Å²) in [6.07, 6.45) is 0. The van der Waals surface area contributed by atoms with Gasteiger partial charge in [0.2, 0.25) is 0 Å².